The van der Waals surface area contributed by atoms with E-state index in [1.807, 2.05) is 0 Å². The van der Waals surface area contributed by atoms with Gasteiger partial charge in [0.05, 0.1) is 6.10 Å². The summed E-state index contributed by atoms with van der Waals surface area (Å²) in [5.74, 6) is 5.20. The maximum Gasteiger partial charge on any atom is 0.305 e. The van der Waals surface area contributed by atoms with Gasteiger partial charge >= 0.3 is 5.97 Å². The topological polar surface area (TPSA) is 105 Å². The van der Waals surface area contributed by atoms with Crippen LogP contribution in [-0.4, -0.2) is 64.7 Å². The van der Waals surface area contributed by atoms with Crippen molar-refractivity contribution in [1.29, 1.82) is 0 Å². The number of aliphatic hydroxyl groups is 3. The van der Waals surface area contributed by atoms with E-state index in [1.54, 1.807) is 0 Å². The van der Waals surface area contributed by atoms with E-state index in [-0.39, 0.29) is 24.1 Å². The van der Waals surface area contributed by atoms with E-state index in [0.717, 1.165) is 93.3 Å². The lowest BCUT2D eigenvalue weighted by Crippen LogP contribution is -2.60. The van der Waals surface area contributed by atoms with Crippen molar-refractivity contribution in [2.24, 2.45) is 52.3 Å². The number of hydrogen-bond acceptors (Lipinski definition) is 7. The van der Waals surface area contributed by atoms with Crippen LogP contribution in [0.4, 0.5) is 0 Å². The standard InChI is InChI=1S/C51H88O7/c1-8-10-11-12-13-14-15-16-17-18-19-20-21-22-45(52)56-34-44-46(53)47(54)48(55)49(58-44)57-39-29-31-50(6)38(33-39)25-26-40-42-28-27-41(51(42,7)32-30-43(40)50)36(5)23-24-37(9-2)35(3)4/h16-17,25,35-37,39-44,46-49,53-55H,8-15,18-24,26-34H2,1-7H3/b17-16-/t36-,37-,39+,40+,41-,42+,43+,44?,46-,47?,48?,49-,50+,51-/m1/s1. The first-order chi connectivity index (χ1) is 27.8. The quantitative estimate of drug-likeness (QED) is 0.0536. The van der Waals surface area contributed by atoms with E-state index < -0.39 is 30.7 Å². The lowest BCUT2D eigenvalue weighted by molar-refractivity contribution is -0.313. The molecule has 1 saturated heterocycles. The molecule has 5 rings (SSSR count). The van der Waals surface area contributed by atoms with E-state index >= 15 is 0 Å². The lowest BCUT2D eigenvalue weighted by atomic mass is 9.47. The van der Waals surface area contributed by atoms with E-state index in [1.165, 1.54) is 89.0 Å². The molecule has 1 heterocycles. The first-order valence-corrected chi connectivity index (χ1v) is 24.7. The molecule has 0 amide bonds. The summed E-state index contributed by atoms with van der Waals surface area (Å²) in [5.41, 5.74) is 2.12. The molecule has 334 valence electrons. The van der Waals surface area contributed by atoms with Crippen molar-refractivity contribution in [3.63, 3.8) is 0 Å². The Bertz CT molecular complexity index is 1300. The van der Waals surface area contributed by atoms with Crippen molar-refractivity contribution in [1.82, 2.24) is 0 Å². The van der Waals surface area contributed by atoms with Gasteiger partial charge in [-0.05, 0) is 142 Å². The second-order valence-electron chi connectivity index (χ2n) is 20.8. The number of esters is 1. The summed E-state index contributed by atoms with van der Waals surface area (Å²) >= 11 is 0. The van der Waals surface area contributed by atoms with Crippen molar-refractivity contribution in [2.45, 2.75) is 233 Å². The molecule has 0 radical (unpaired) electrons. The first kappa shape index (κ1) is 47.8. The average molecular weight is 813 g/mol. The van der Waals surface area contributed by atoms with Crippen molar-refractivity contribution >= 4 is 5.97 Å². The van der Waals surface area contributed by atoms with E-state index in [9.17, 15) is 20.1 Å². The van der Waals surface area contributed by atoms with Crippen LogP contribution in [0.2, 0.25) is 0 Å². The van der Waals surface area contributed by atoms with Crippen LogP contribution >= 0.6 is 0 Å². The number of aliphatic hydroxyl groups excluding tert-OH is 3. The van der Waals surface area contributed by atoms with Crippen molar-refractivity contribution in [2.75, 3.05) is 6.61 Å². The Hall–Kier alpha value is -1.25. The first-order valence-electron chi connectivity index (χ1n) is 24.7. The van der Waals surface area contributed by atoms with Crippen LogP contribution in [0.15, 0.2) is 23.8 Å². The van der Waals surface area contributed by atoms with Gasteiger partial charge in [-0.15, -0.1) is 0 Å². The summed E-state index contributed by atoms with van der Waals surface area (Å²) in [6, 6.07) is 0. The van der Waals surface area contributed by atoms with Crippen molar-refractivity contribution in [3.8, 4) is 0 Å². The van der Waals surface area contributed by atoms with E-state index in [0.29, 0.717) is 17.8 Å². The number of hydrogen-bond donors (Lipinski definition) is 3. The van der Waals surface area contributed by atoms with Crippen molar-refractivity contribution in [3.05, 3.63) is 23.8 Å². The minimum atomic E-state index is -1.45. The Morgan fingerprint density at radius 3 is 2.26 bits per heavy atom. The largest absolute Gasteiger partial charge is 0.463 e. The van der Waals surface area contributed by atoms with Crippen LogP contribution in [0.1, 0.15) is 196 Å². The molecule has 3 N–H and O–H groups in total. The maximum atomic E-state index is 12.6. The molecule has 14 atom stereocenters. The lowest BCUT2D eigenvalue weighted by Gasteiger charge is -2.58. The number of ether oxygens (including phenoxy) is 3. The predicted octanol–water partition coefficient (Wildman–Crippen LogP) is 11.7. The zero-order chi connectivity index (χ0) is 41.9. The number of carbonyl (C=O) groups excluding carboxylic acids is 1. The number of carbonyl (C=O) groups is 1. The highest BCUT2D eigenvalue weighted by Gasteiger charge is 2.59. The van der Waals surface area contributed by atoms with Crippen LogP contribution in [0.5, 0.6) is 0 Å². The highest BCUT2D eigenvalue weighted by Crippen LogP contribution is 2.67. The number of unbranched alkanes of at least 4 members (excludes halogenated alkanes) is 9. The molecule has 4 fully saturated rings. The summed E-state index contributed by atoms with van der Waals surface area (Å²) in [6.45, 7) is 17.0. The van der Waals surface area contributed by atoms with Gasteiger partial charge < -0.3 is 29.5 Å². The van der Waals surface area contributed by atoms with Gasteiger partial charge in [0, 0.05) is 6.42 Å². The molecule has 7 nitrogen and oxygen atoms in total. The highest BCUT2D eigenvalue weighted by atomic mass is 16.7. The Kier molecular flexibility index (Phi) is 18.7. The molecule has 4 aliphatic carbocycles. The molecular weight excluding hydrogens is 725 g/mol. The minimum Gasteiger partial charge on any atom is -0.463 e. The van der Waals surface area contributed by atoms with Gasteiger partial charge in [0.15, 0.2) is 6.29 Å². The minimum absolute atomic E-state index is 0.144. The molecule has 3 saturated carbocycles. The van der Waals surface area contributed by atoms with Gasteiger partial charge in [-0.3, -0.25) is 4.79 Å². The molecule has 0 spiro atoms. The number of fused-ring (bicyclic) bond motifs is 5. The van der Waals surface area contributed by atoms with Gasteiger partial charge in [-0.25, -0.2) is 0 Å². The molecule has 0 aromatic heterocycles. The van der Waals surface area contributed by atoms with Gasteiger partial charge in [0.2, 0.25) is 0 Å². The summed E-state index contributed by atoms with van der Waals surface area (Å²) in [5, 5.41) is 32.5. The molecule has 3 unspecified atom stereocenters. The molecule has 5 aliphatic rings. The van der Waals surface area contributed by atoms with Gasteiger partial charge in [-0.2, -0.15) is 0 Å². The fraction of sp³-hybridized carbons (Fsp3) is 0.902. The third kappa shape index (κ3) is 11.8. The molecule has 7 heteroatoms. The maximum absolute atomic E-state index is 12.6. The molecule has 1 aliphatic heterocycles. The third-order valence-electron chi connectivity index (χ3n) is 16.8. The zero-order valence-electron chi connectivity index (χ0n) is 38.2. The second-order valence-corrected chi connectivity index (χ2v) is 20.8. The summed E-state index contributed by atoms with van der Waals surface area (Å²) < 4.78 is 18.0. The Morgan fingerprint density at radius 1 is 0.845 bits per heavy atom. The van der Waals surface area contributed by atoms with Crippen LogP contribution < -0.4 is 0 Å². The van der Waals surface area contributed by atoms with Crippen LogP contribution in [0.25, 0.3) is 0 Å². The fourth-order valence-electron chi connectivity index (χ4n) is 13.0. The van der Waals surface area contributed by atoms with E-state index in [2.05, 4.69) is 66.7 Å². The normalized spacial score (nSPS) is 37.3. The van der Waals surface area contributed by atoms with Gasteiger partial charge in [-0.1, -0.05) is 124 Å². The predicted molar refractivity (Wildman–Crippen MR) is 235 cm³/mol. The monoisotopic (exact) mass is 813 g/mol. The second kappa shape index (κ2) is 22.7. The Labute approximate surface area is 354 Å². The summed E-state index contributed by atoms with van der Waals surface area (Å²) in [6.07, 6.45) is 27.3. The van der Waals surface area contributed by atoms with E-state index in [4.69, 9.17) is 14.2 Å². The van der Waals surface area contributed by atoms with Crippen LogP contribution in [-0.2, 0) is 19.0 Å². The average Bonchev–Trinajstić information content (AvgIpc) is 3.56. The zero-order valence-corrected chi connectivity index (χ0v) is 38.2. The third-order valence-corrected chi connectivity index (χ3v) is 16.8. The molecular formula is C51H88O7. The molecule has 58 heavy (non-hydrogen) atoms. The summed E-state index contributed by atoms with van der Waals surface area (Å²) in [7, 11) is 0. The van der Waals surface area contributed by atoms with Crippen LogP contribution in [0, 0.1) is 52.3 Å². The van der Waals surface area contributed by atoms with Gasteiger partial charge in [0.1, 0.15) is 31.0 Å². The van der Waals surface area contributed by atoms with Crippen LogP contribution in [0.3, 0.4) is 0 Å². The Morgan fingerprint density at radius 2 is 1.55 bits per heavy atom. The van der Waals surface area contributed by atoms with Gasteiger partial charge in [0.25, 0.3) is 0 Å². The summed E-state index contributed by atoms with van der Waals surface area (Å²) in [4.78, 5) is 12.6. The SMILES string of the molecule is CCCCCCCC/C=C\CCCCCC(=O)OCC1O[C@@H](O[C@H]2CC[C@@]3(C)C(=CC[C@H]4[C@@H]5CC[C@H]([C@H](C)CC[C@@H](CC)C(C)C)[C@@]5(C)CC[C@@H]43)C2)C(O)C(O)[C@@H]1O. The molecule has 0 aromatic carbocycles. The smallest absolute Gasteiger partial charge is 0.305 e. The fourth-order valence-corrected chi connectivity index (χ4v) is 13.0. The number of rotatable bonds is 23. The number of allylic oxidation sites excluding steroid dienone is 3. The highest BCUT2D eigenvalue weighted by molar-refractivity contribution is 5.69. The molecule has 0 aromatic rings. The Balaban J connectivity index is 1.05. The van der Waals surface area contributed by atoms with Crippen molar-refractivity contribution < 1.29 is 34.3 Å². The molecule has 0 bridgehead atoms.